The van der Waals surface area contributed by atoms with Crippen LogP contribution in [0.5, 0.6) is 0 Å². The van der Waals surface area contributed by atoms with Crippen molar-refractivity contribution in [2.75, 3.05) is 7.11 Å². The molecule has 0 amide bonds. The smallest absolute Gasteiger partial charge is 0.0319 e. The van der Waals surface area contributed by atoms with E-state index in [-0.39, 0.29) is 32.7 Å². The Hall–Kier alpha value is 0.284. The molecule has 0 fully saturated rings. The Kier molecular flexibility index (Phi) is 14.9. The topological polar surface area (TPSA) is 20.2 Å². The quantitative estimate of drug-likeness (QED) is 0.618. The molecular weight excluding hydrogens is 189 g/mol. The molecule has 0 aliphatic rings. The molecule has 0 saturated carbocycles. The summed E-state index contributed by atoms with van der Waals surface area (Å²) in [4.78, 5) is 0. The summed E-state index contributed by atoms with van der Waals surface area (Å²) in [6, 6.07) is 12.5. The van der Waals surface area contributed by atoms with Crippen LogP contribution >= 0.6 is 0 Å². The van der Waals surface area contributed by atoms with Gasteiger partial charge in [-0.25, -0.2) is 0 Å². The monoisotopic (exact) mass is 198 g/mol. The average molecular weight is 198 g/mol. The Bertz CT molecular complexity index is 80.8. The van der Waals surface area contributed by atoms with Gasteiger partial charge in [-0.05, 0) is 0 Å². The van der Waals surface area contributed by atoms with Gasteiger partial charge in [-0.2, -0.15) is 36.4 Å². The maximum atomic E-state index is 7.00. The second kappa shape index (κ2) is 11.1. The Morgan fingerprint density at radius 2 is 1.44 bits per heavy atom. The van der Waals surface area contributed by atoms with Gasteiger partial charge in [0.25, 0.3) is 0 Å². The Labute approximate surface area is 81.0 Å². The number of hydrogen-bond acceptors (Lipinski definition) is 1. The van der Waals surface area contributed by atoms with Crippen molar-refractivity contribution >= 4 is 0 Å². The molecule has 2 heteroatoms. The van der Waals surface area contributed by atoms with Crippen LogP contribution in [0.4, 0.5) is 0 Å². The molecule has 0 aromatic heterocycles. The molecule has 1 nitrogen and oxygen atoms in total. The molecule has 0 aliphatic carbocycles. The molecule has 1 aromatic carbocycles. The fraction of sp³-hybridized carbons (Fsp3) is 0.143. The number of aliphatic hydroxyl groups excluding tert-OH is 1. The molecule has 0 heterocycles. The van der Waals surface area contributed by atoms with E-state index in [0.717, 1.165) is 7.11 Å². The minimum atomic E-state index is 0. The van der Waals surface area contributed by atoms with Gasteiger partial charge in [0, 0.05) is 39.8 Å². The fourth-order valence-corrected chi connectivity index (χ4v) is 0.342. The molecule has 0 saturated heterocycles. The zero-order valence-corrected chi connectivity index (χ0v) is 8.25. The molecule has 1 radical (unpaired) electrons. The Morgan fingerprint density at radius 3 is 1.56 bits per heavy atom. The van der Waals surface area contributed by atoms with E-state index in [9.17, 15) is 0 Å². The molecule has 0 spiro atoms. The van der Waals surface area contributed by atoms with Crippen LogP contribution in [0.25, 0.3) is 0 Å². The summed E-state index contributed by atoms with van der Waals surface area (Å²) in [5.41, 5.74) is 0. The molecule has 0 unspecified atom stereocenters. The van der Waals surface area contributed by atoms with Crippen molar-refractivity contribution in [3.63, 3.8) is 0 Å². The van der Waals surface area contributed by atoms with Crippen LogP contribution in [0.15, 0.2) is 30.3 Å². The van der Waals surface area contributed by atoms with Crippen LogP contribution in [0.1, 0.15) is 0 Å². The minimum absolute atomic E-state index is 0. The van der Waals surface area contributed by atoms with Crippen molar-refractivity contribution in [3.05, 3.63) is 36.4 Å². The van der Waals surface area contributed by atoms with E-state index in [1.807, 2.05) is 30.3 Å². The van der Waals surface area contributed by atoms with E-state index in [0.29, 0.717) is 0 Å². The van der Waals surface area contributed by atoms with Crippen LogP contribution in [0.2, 0.25) is 0 Å². The third-order valence-corrected chi connectivity index (χ3v) is 0.607. The van der Waals surface area contributed by atoms with Crippen LogP contribution in [0, 0.1) is 6.07 Å². The van der Waals surface area contributed by atoms with Gasteiger partial charge in [0.1, 0.15) is 0 Å². The second-order valence-electron chi connectivity index (χ2n) is 1.08. The summed E-state index contributed by atoms with van der Waals surface area (Å²) in [5.74, 6) is 0. The van der Waals surface area contributed by atoms with Crippen LogP contribution in [-0.2, 0) is 32.7 Å². The predicted molar refractivity (Wildman–Crippen MR) is 33.4 cm³/mol. The van der Waals surface area contributed by atoms with Crippen molar-refractivity contribution in [1.82, 2.24) is 0 Å². The van der Waals surface area contributed by atoms with Crippen LogP contribution < -0.4 is 0 Å². The van der Waals surface area contributed by atoms with E-state index in [1.165, 1.54) is 0 Å². The zero-order valence-electron chi connectivity index (χ0n) is 5.41. The molecule has 1 rings (SSSR count). The summed E-state index contributed by atoms with van der Waals surface area (Å²) in [6.45, 7) is 0. The summed E-state index contributed by atoms with van der Waals surface area (Å²) < 4.78 is 0. The number of aliphatic hydroxyl groups is 1. The van der Waals surface area contributed by atoms with E-state index in [1.54, 1.807) is 0 Å². The summed E-state index contributed by atoms with van der Waals surface area (Å²) in [6.07, 6.45) is 0. The van der Waals surface area contributed by atoms with Gasteiger partial charge in [-0.3, -0.25) is 0 Å². The van der Waals surface area contributed by atoms with E-state index < -0.39 is 0 Å². The van der Waals surface area contributed by atoms with Gasteiger partial charge in [0.05, 0.1) is 0 Å². The molecular formula is C7H9OY-. The fourth-order valence-electron chi connectivity index (χ4n) is 0.342. The van der Waals surface area contributed by atoms with Crippen molar-refractivity contribution in [3.8, 4) is 0 Å². The van der Waals surface area contributed by atoms with E-state index in [4.69, 9.17) is 5.11 Å². The van der Waals surface area contributed by atoms with Gasteiger partial charge in [-0.15, -0.1) is 0 Å². The Morgan fingerprint density at radius 1 is 1.00 bits per heavy atom. The van der Waals surface area contributed by atoms with E-state index in [2.05, 4.69) is 6.07 Å². The number of rotatable bonds is 0. The van der Waals surface area contributed by atoms with Gasteiger partial charge in [0.2, 0.25) is 0 Å². The van der Waals surface area contributed by atoms with Gasteiger partial charge in [0.15, 0.2) is 0 Å². The van der Waals surface area contributed by atoms with Gasteiger partial charge >= 0.3 is 0 Å². The molecule has 0 bridgehead atoms. The molecule has 1 aromatic rings. The number of benzene rings is 1. The predicted octanol–water partition coefficient (Wildman–Crippen LogP) is 1.09. The normalized spacial score (nSPS) is 6.00. The SMILES string of the molecule is CO.[Y].[c-]1ccccc1. The first kappa shape index (κ1) is 12.0. The molecule has 0 atom stereocenters. The summed E-state index contributed by atoms with van der Waals surface area (Å²) in [5, 5.41) is 7.00. The average Bonchev–Trinajstić information content (AvgIpc) is 1.96. The van der Waals surface area contributed by atoms with Crippen molar-refractivity contribution in [1.29, 1.82) is 0 Å². The second-order valence-corrected chi connectivity index (χ2v) is 1.08. The molecule has 1 N–H and O–H groups in total. The van der Waals surface area contributed by atoms with Gasteiger partial charge < -0.3 is 5.11 Å². The van der Waals surface area contributed by atoms with Crippen LogP contribution in [0.3, 0.4) is 0 Å². The third kappa shape index (κ3) is 8.28. The summed E-state index contributed by atoms with van der Waals surface area (Å²) >= 11 is 0. The van der Waals surface area contributed by atoms with Gasteiger partial charge in [-0.1, -0.05) is 0 Å². The first-order valence-corrected chi connectivity index (χ1v) is 2.36. The molecule has 0 aliphatic heterocycles. The zero-order chi connectivity index (χ0) is 6.24. The van der Waals surface area contributed by atoms with Crippen LogP contribution in [-0.4, -0.2) is 12.2 Å². The maximum Gasteiger partial charge on any atom is 0.0319 e. The third-order valence-electron chi connectivity index (χ3n) is 0.607. The summed E-state index contributed by atoms with van der Waals surface area (Å²) in [7, 11) is 1.00. The molecule has 9 heavy (non-hydrogen) atoms. The minimum Gasteiger partial charge on any atom is -0.400 e. The van der Waals surface area contributed by atoms with Crippen molar-refractivity contribution in [2.45, 2.75) is 0 Å². The van der Waals surface area contributed by atoms with Crippen molar-refractivity contribution in [2.24, 2.45) is 0 Å². The largest absolute Gasteiger partial charge is 0.400 e. The van der Waals surface area contributed by atoms with Crippen molar-refractivity contribution < 1.29 is 37.8 Å². The molecule has 47 valence electrons. The first-order valence-electron chi connectivity index (χ1n) is 2.36. The maximum absolute atomic E-state index is 7.00. The first-order chi connectivity index (χ1) is 4.00. The Balaban J connectivity index is 0. The van der Waals surface area contributed by atoms with E-state index >= 15 is 0 Å². The standard InChI is InChI=1S/C6H5.CH4O.Y/c1-2-4-6-5-3-1;1-2;/h1-5H;2H,1H3;/q-1;;. The number of hydrogen-bond donors (Lipinski definition) is 1.